The van der Waals surface area contributed by atoms with Crippen LogP contribution < -0.4 is 5.32 Å². The van der Waals surface area contributed by atoms with Gasteiger partial charge in [-0.15, -0.1) is 11.3 Å². The van der Waals surface area contributed by atoms with Crippen LogP contribution in [0.5, 0.6) is 0 Å². The summed E-state index contributed by atoms with van der Waals surface area (Å²) in [6, 6.07) is 2.00. The molecule has 1 saturated carbocycles. The van der Waals surface area contributed by atoms with E-state index in [1.165, 1.54) is 19.3 Å². The highest BCUT2D eigenvalue weighted by Gasteiger charge is 2.38. The van der Waals surface area contributed by atoms with Gasteiger partial charge in [0.25, 0.3) is 0 Å². The van der Waals surface area contributed by atoms with Crippen LogP contribution in [-0.4, -0.2) is 50.8 Å². The monoisotopic (exact) mass is 321 g/mol. The van der Waals surface area contributed by atoms with E-state index in [1.807, 2.05) is 6.26 Å². The van der Waals surface area contributed by atoms with Crippen LogP contribution in [0.3, 0.4) is 0 Å². The second kappa shape index (κ2) is 5.37. The number of hydrogen-bond donors (Lipinski definition) is 1. The van der Waals surface area contributed by atoms with Crippen LogP contribution in [0, 0.1) is 0 Å². The Balaban J connectivity index is 1.55. The summed E-state index contributed by atoms with van der Waals surface area (Å²) in [5.41, 5.74) is 0.812. The van der Waals surface area contributed by atoms with E-state index in [9.17, 15) is 0 Å². The van der Waals surface area contributed by atoms with Crippen molar-refractivity contribution in [2.45, 2.75) is 48.7 Å². The van der Waals surface area contributed by atoms with E-state index >= 15 is 0 Å². The molecule has 21 heavy (non-hydrogen) atoms. The van der Waals surface area contributed by atoms with Crippen LogP contribution in [0.25, 0.3) is 10.3 Å². The molecule has 2 aromatic rings. The third-order valence-electron chi connectivity index (χ3n) is 4.33. The number of anilines is 1. The zero-order chi connectivity index (χ0) is 14.4. The van der Waals surface area contributed by atoms with Crippen LogP contribution in [0.4, 0.5) is 5.82 Å². The molecule has 2 fully saturated rings. The van der Waals surface area contributed by atoms with Gasteiger partial charge in [0.05, 0.1) is 0 Å². The zero-order valence-electron chi connectivity index (χ0n) is 12.2. The van der Waals surface area contributed by atoms with E-state index in [1.54, 1.807) is 29.4 Å². The Labute approximate surface area is 132 Å². The molecule has 0 radical (unpaired) electrons. The van der Waals surface area contributed by atoms with Crippen LogP contribution in [0.15, 0.2) is 10.7 Å². The van der Waals surface area contributed by atoms with Crippen molar-refractivity contribution in [3.8, 4) is 0 Å². The third kappa shape index (κ3) is 2.62. The lowest BCUT2D eigenvalue weighted by atomic mass is 10.2. The molecule has 1 aliphatic carbocycles. The fourth-order valence-corrected chi connectivity index (χ4v) is 4.66. The summed E-state index contributed by atoms with van der Waals surface area (Å²) < 4.78 is 2.13. The van der Waals surface area contributed by atoms with Gasteiger partial charge in [-0.05, 0) is 32.4 Å². The quantitative estimate of drug-likeness (QED) is 0.874. The molecule has 0 aromatic carbocycles. The second-order valence-corrected chi connectivity index (χ2v) is 7.97. The number of aromatic nitrogens is 3. The van der Waals surface area contributed by atoms with E-state index in [2.05, 4.69) is 32.1 Å². The van der Waals surface area contributed by atoms with Crippen LogP contribution in [-0.2, 0) is 0 Å². The number of nitrogens with zero attached hydrogens (tertiary/aromatic N) is 4. The first-order valence-electron chi connectivity index (χ1n) is 7.42. The number of likely N-dealkylation sites (tertiary alicyclic amines) is 1. The average molecular weight is 321 g/mol. The maximum atomic E-state index is 4.51. The van der Waals surface area contributed by atoms with Crippen LogP contribution in [0.1, 0.15) is 26.2 Å². The first-order chi connectivity index (χ1) is 10.2. The maximum absolute atomic E-state index is 4.51. The molecule has 2 aromatic heterocycles. The summed E-state index contributed by atoms with van der Waals surface area (Å²) in [6.07, 6.45) is 7.60. The molecule has 112 valence electrons. The molecule has 1 saturated heterocycles. The SMILES string of the molecule is CSc1nc2ncnc(NC3CC(C)N(C4CC4)C3)c2s1. The van der Waals surface area contributed by atoms with Gasteiger partial charge in [0.2, 0.25) is 0 Å². The highest BCUT2D eigenvalue weighted by atomic mass is 32.2. The Morgan fingerprint density at radius 1 is 1.38 bits per heavy atom. The zero-order valence-corrected chi connectivity index (χ0v) is 13.9. The number of fused-ring (bicyclic) bond motifs is 1. The number of nitrogens with one attached hydrogen (secondary N) is 1. The molecule has 1 N–H and O–H groups in total. The fourth-order valence-electron chi connectivity index (χ4n) is 3.19. The molecule has 0 bridgehead atoms. The first kappa shape index (κ1) is 13.7. The van der Waals surface area contributed by atoms with Crippen molar-refractivity contribution in [1.29, 1.82) is 0 Å². The molecule has 2 aliphatic rings. The molecular formula is C14H19N5S2. The van der Waals surface area contributed by atoms with Crippen molar-refractivity contribution in [3.05, 3.63) is 6.33 Å². The van der Waals surface area contributed by atoms with E-state index in [0.717, 1.165) is 33.1 Å². The minimum absolute atomic E-state index is 0.485. The van der Waals surface area contributed by atoms with E-state index in [0.29, 0.717) is 12.1 Å². The van der Waals surface area contributed by atoms with Gasteiger partial charge >= 0.3 is 0 Å². The number of hydrogen-bond acceptors (Lipinski definition) is 7. The summed E-state index contributed by atoms with van der Waals surface area (Å²) in [5, 5.41) is 3.63. The van der Waals surface area contributed by atoms with Crippen molar-refractivity contribution in [1.82, 2.24) is 19.9 Å². The minimum atomic E-state index is 0.485. The van der Waals surface area contributed by atoms with Crippen molar-refractivity contribution >= 4 is 39.3 Å². The van der Waals surface area contributed by atoms with E-state index in [-0.39, 0.29) is 0 Å². The maximum Gasteiger partial charge on any atom is 0.176 e. The molecule has 0 spiro atoms. The predicted octanol–water partition coefficient (Wildman–Crippen LogP) is 2.85. The number of rotatable bonds is 4. The average Bonchev–Trinajstić information content (AvgIpc) is 3.12. The normalized spacial score (nSPS) is 26.6. The van der Waals surface area contributed by atoms with Gasteiger partial charge in [-0.1, -0.05) is 11.8 Å². The summed E-state index contributed by atoms with van der Waals surface area (Å²) in [4.78, 5) is 15.9. The topological polar surface area (TPSA) is 53.9 Å². The van der Waals surface area contributed by atoms with Gasteiger partial charge in [0.1, 0.15) is 16.8 Å². The standard InChI is InChI=1S/C14H19N5S2/c1-8-5-9(6-19(8)10-3-4-10)17-12-11-13(16-7-15-12)18-14(20-2)21-11/h7-10H,3-6H2,1-2H3,(H,15,16,17). The van der Waals surface area contributed by atoms with Crippen molar-refractivity contribution in [2.24, 2.45) is 0 Å². The fraction of sp³-hybridized carbons (Fsp3) is 0.643. The lowest BCUT2D eigenvalue weighted by Crippen LogP contribution is -2.31. The van der Waals surface area contributed by atoms with E-state index < -0.39 is 0 Å². The lowest BCUT2D eigenvalue weighted by Gasteiger charge is -2.19. The summed E-state index contributed by atoms with van der Waals surface area (Å²) in [5.74, 6) is 0.952. The molecule has 1 aliphatic heterocycles. The Morgan fingerprint density at radius 3 is 3.00 bits per heavy atom. The van der Waals surface area contributed by atoms with Crippen LogP contribution >= 0.6 is 23.1 Å². The summed E-state index contributed by atoms with van der Waals surface area (Å²) in [6.45, 7) is 3.47. The minimum Gasteiger partial charge on any atom is -0.365 e. The molecule has 3 heterocycles. The second-order valence-electron chi connectivity index (χ2n) is 5.91. The van der Waals surface area contributed by atoms with Gasteiger partial charge in [-0.3, -0.25) is 4.90 Å². The summed E-state index contributed by atoms with van der Waals surface area (Å²) >= 11 is 3.34. The molecule has 4 rings (SSSR count). The van der Waals surface area contributed by atoms with Gasteiger partial charge in [-0.2, -0.15) is 0 Å². The first-order valence-corrected chi connectivity index (χ1v) is 9.46. The smallest absolute Gasteiger partial charge is 0.176 e. The predicted molar refractivity (Wildman–Crippen MR) is 88.2 cm³/mol. The van der Waals surface area contributed by atoms with Gasteiger partial charge in [0, 0.05) is 24.7 Å². The number of thioether (sulfide) groups is 1. The Morgan fingerprint density at radius 2 is 2.24 bits per heavy atom. The van der Waals surface area contributed by atoms with Crippen molar-refractivity contribution in [3.63, 3.8) is 0 Å². The van der Waals surface area contributed by atoms with Crippen LogP contribution in [0.2, 0.25) is 0 Å². The highest BCUT2D eigenvalue weighted by Crippen LogP contribution is 2.35. The Hall–Kier alpha value is -0.920. The van der Waals surface area contributed by atoms with Gasteiger partial charge < -0.3 is 5.32 Å². The van der Waals surface area contributed by atoms with Gasteiger partial charge in [-0.25, -0.2) is 15.0 Å². The Kier molecular flexibility index (Phi) is 3.51. The number of thiazole rings is 1. The molecule has 2 atom stereocenters. The van der Waals surface area contributed by atoms with Gasteiger partial charge in [0.15, 0.2) is 9.99 Å². The highest BCUT2D eigenvalue weighted by molar-refractivity contribution is 8.00. The summed E-state index contributed by atoms with van der Waals surface area (Å²) in [7, 11) is 0. The molecule has 2 unspecified atom stereocenters. The van der Waals surface area contributed by atoms with Crippen molar-refractivity contribution < 1.29 is 0 Å². The molecular weight excluding hydrogens is 302 g/mol. The molecule has 0 amide bonds. The molecule has 7 heteroatoms. The molecule has 5 nitrogen and oxygen atoms in total. The largest absolute Gasteiger partial charge is 0.365 e. The lowest BCUT2D eigenvalue weighted by molar-refractivity contribution is 0.257. The third-order valence-corrected chi connectivity index (χ3v) is 6.36. The Bertz CT molecular complexity index is 654. The van der Waals surface area contributed by atoms with E-state index in [4.69, 9.17) is 0 Å². The van der Waals surface area contributed by atoms with Crippen molar-refractivity contribution in [2.75, 3.05) is 18.1 Å².